The average molecular weight is 119 g/mol. The zero-order chi connectivity index (χ0) is 5.28. The molecule has 0 radical (unpaired) electrons. The lowest BCUT2D eigenvalue weighted by Gasteiger charge is -1.90. The van der Waals surface area contributed by atoms with E-state index < -0.39 is 6.16 Å². The summed E-state index contributed by atoms with van der Waals surface area (Å²) in [6.45, 7) is 2.18. The fraction of sp³-hybridized carbons (Fsp3) is 0.750. The molecule has 0 aromatic heterocycles. The van der Waals surface area contributed by atoms with E-state index in [1.165, 1.54) is 0 Å². The molecule has 0 aromatic rings. The number of ether oxygens (including phenoxy) is 2. The van der Waals surface area contributed by atoms with E-state index in [4.69, 9.17) is 0 Å². The third-order valence-corrected chi connectivity index (χ3v) is 0.733. The maximum Gasteiger partial charge on any atom is 0.508 e. The zero-order valence-electron chi connectivity index (χ0n) is 4.72. The molecule has 0 amide bonds. The van der Waals surface area contributed by atoms with Gasteiger partial charge in [0.15, 0.2) is 0 Å². The highest BCUT2D eigenvalue weighted by Crippen LogP contribution is 2.02. The van der Waals surface area contributed by atoms with Crippen LogP contribution < -0.4 is 6.15 Å². The molecule has 3 N–H and O–H groups in total. The van der Waals surface area contributed by atoms with Crippen LogP contribution in [0.3, 0.4) is 0 Å². The molecule has 4 nitrogen and oxygen atoms in total. The van der Waals surface area contributed by atoms with Crippen LogP contribution in [0.1, 0.15) is 6.92 Å². The van der Waals surface area contributed by atoms with Gasteiger partial charge in [-0.3, -0.25) is 0 Å². The standard InChI is InChI=1S/C4H6O3.H3N/c1-3-2-6-4(5)7-3;/h3H,2H2,1H3;1H3. The number of hydrogen-bond acceptors (Lipinski definition) is 4. The Labute approximate surface area is 47.4 Å². The topological polar surface area (TPSA) is 70.5 Å². The number of rotatable bonds is 0. The Morgan fingerprint density at radius 1 is 1.75 bits per heavy atom. The predicted octanol–water partition coefficient (Wildman–Crippen LogP) is 0.704. The van der Waals surface area contributed by atoms with Crippen molar-refractivity contribution in [1.82, 2.24) is 6.15 Å². The molecule has 1 unspecified atom stereocenters. The Bertz CT molecular complexity index is 93.3. The molecule has 0 aromatic carbocycles. The van der Waals surface area contributed by atoms with E-state index >= 15 is 0 Å². The molecule has 1 fully saturated rings. The Morgan fingerprint density at radius 2 is 2.38 bits per heavy atom. The first-order valence-corrected chi connectivity index (χ1v) is 2.12. The van der Waals surface area contributed by atoms with Gasteiger partial charge in [-0.05, 0) is 6.92 Å². The van der Waals surface area contributed by atoms with Crippen LogP contribution >= 0.6 is 0 Å². The van der Waals surface area contributed by atoms with Gasteiger partial charge in [0, 0.05) is 0 Å². The van der Waals surface area contributed by atoms with Crippen molar-refractivity contribution >= 4 is 6.16 Å². The third kappa shape index (κ3) is 1.38. The molecule has 0 bridgehead atoms. The number of carbonyl (C=O) groups is 1. The minimum Gasteiger partial charge on any atom is -0.430 e. The number of hydrogen-bond donors (Lipinski definition) is 1. The molecule has 1 rings (SSSR count). The third-order valence-electron chi connectivity index (χ3n) is 0.733. The van der Waals surface area contributed by atoms with Crippen LogP contribution in [0.5, 0.6) is 0 Å². The fourth-order valence-corrected chi connectivity index (χ4v) is 0.418. The van der Waals surface area contributed by atoms with Crippen molar-refractivity contribution in [2.24, 2.45) is 0 Å². The van der Waals surface area contributed by atoms with Crippen LogP contribution in [0.25, 0.3) is 0 Å². The molecular weight excluding hydrogens is 110 g/mol. The summed E-state index contributed by atoms with van der Waals surface area (Å²) in [4.78, 5) is 10.0. The molecule has 1 heterocycles. The van der Waals surface area contributed by atoms with E-state index in [9.17, 15) is 4.79 Å². The van der Waals surface area contributed by atoms with Crippen molar-refractivity contribution in [3.63, 3.8) is 0 Å². The lowest BCUT2D eigenvalue weighted by Crippen LogP contribution is -2.01. The van der Waals surface area contributed by atoms with Crippen LogP contribution in [-0.2, 0) is 9.47 Å². The van der Waals surface area contributed by atoms with Gasteiger partial charge in [-0.2, -0.15) is 0 Å². The molecule has 0 saturated carbocycles. The summed E-state index contributed by atoms with van der Waals surface area (Å²) in [5.41, 5.74) is 0. The lowest BCUT2D eigenvalue weighted by atomic mass is 10.5. The highest BCUT2D eigenvalue weighted by molar-refractivity contribution is 5.61. The van der Waals surface area contributed by atoms with Crippen LogP contribution in [0.15, 0.2) is 0 Å². The van der Waals surface area contributed by atoms with Crippen LogP contribution in [0.4, 0.5) is 4.79 Å². The molecule has 0 aliphatic carbocycles. The van der Waals surface area contributed by atoms with Crippen molar-refractivity contribution < 1.29 is 14.3 Å². The van der Waals surface area contributed by atoms with Crippen LogP contribution in [-0.4, -0.2) is 18.9 Å². The van der Waals surface area contributed by atoms with E-state index in [-0.39, 0.29) is 12.3 Å². The second-order valence-electron chi connectivity index (χ2n) is 1.49. The van der Waals surface area contributed by atoms with Gasteiger partial charge in [-0.1, -0.05) is 0 Å². The van der Waals surface area contributed by atoms with Gasteiger partial charge in [-0.15, -0.1) is 0 Å². The number of cyclic esters (lactones) is 2. The van der Waals surface area contributed by atoms with Crippen molar-refractivity contribution in [3.05, 3.63) is 0 Å². The molecule has 1 aliphatic rings. The molecule has 48 valence electrons. The van der Waals surface area contributed by atoms with Gasteiger partial charge >= 0.3 is 6.16 Å². The highest BCUT2D eigenvalue weighted by atomic mass is 16.8. The maximum absolute atomic E-state index is 10.0. The molecule has 1 atom stereocenters. The highest BCUT2D eigenvalue weighted by Gasteiger charge is 2.19. The van der Waals surface area contributed by atoms with E-state index in [2.05, 4.69) is 9.47 Å². The van der Waals surface area contributed by atoms with Crippen molar-refractivity contribution in [2.75, 3.05) is 6.61 Å². The quantitative estimate of drug-likeness (QED) is 0.476. The minimum atomic E-state index is -0.549. The van der Waals surface area contributed by atoms with Crippen molar-refractivity contribution in [3.8, 4) is 0 Å². The SMILES string of the molecule is CC1COC(=O)O1.N. The fourth-order valence-electron chi connectivity index (χ4n) is 0.418. The summed E-state index contributed by atoms with van der Waals surface area (Å²) in [6, 6.07) is 0. The normalized spacial score (nSPS) is 25.6. The summed E-state index contributed by atoms with van der Waals surface area (Å²) >= 11 is 0. The summed E-state index contributed by atoms with van der Waals surface area (Å²) in [5.74, 6) is 0. The zero-order valence-corrected chi connectivity index (χ0v) is 4.72. The summed E-state index contributed by atoms with van der Waals surface area (Å²) < 4.78 is 8.90. The van der Waals surface area contributed by atoms with Gasteiger partial charge < -0.3 is 15.6 Å². The lowest BCUT2D eigenvalue weighted by molar-refractivity contribution is 0.121. The van der Waals surface area contributed by atoms with Gasteiger partial charge in [0.05, 0.1) is 0 Å². The molecule has 1 saturated heterocycles. The van der Waals surface area contributed by atoms with Gasteiger partial charge in [0.25, 0.3) is 0 Å². The first-order valence-electron chi connectivity index (χ1n) is 2.12. The maximum atomic E-state index is 10.0. The molecule has 0 spiro atoms. The molecule has 4 heteroatoms. The smallest absolute Gasteiger partial charge is 0.430 e. The van der Waals surface area contributed by atoms with E-state index in [0.717, 1.165) is 0 Å². The largest absolute Gasteiger partial charge is 0.508 e. The van der Waals surface area contributed by atoms with E-state index in [0.29, 0.717) is 6.61 Å². The molecule has 8 heavy (non-hydrogen) atoms. The van der Waals surface area contributed by atoms with E-state index in [1.807, 2.05) is 0 Å². The second kappa shape index (κ2) is 2.52. The molecular formula is C4H9NO3. The molecule has 1 aliphatic heterocycles. The van der Waals surface area contributed by atoms with Crippen LogP contribution in [0.2, 0.25) is 0 Å². The van der Waals surface area contributed by atoms with Gasteiger partial charge in [-0.25, -0.2) is 4.79 Å². The van der Waals surface area contributed by atoms with Crippen LogP contribution in [0, 0.1) is 0 Å². The summed E-state index contributed by atoms with van der Waals surface area (Å²) in [6.07, 6.45) is -0.597. The first kappa shape index (κ1) is 7.23. The monoisotopic (exact) mass is 119 g/mol. The summed E-state index contributed by atoms with van der Waals surface area (Å²) in [7, 11) is 0. The Hall–Kier alpha value is -0.770. The average Bonchev–Trinajstić information content (AvgIpc) is 1.87. The predicted molar refractivity (Wildman–Crippen MR) is 26.9 cm³/mol. The van der Waals surface area contributed by atoms with Gasteiger partial charge in [0.2, 0.25) is 0 Å². The van der Waals surface area contributed by atoms with Crippen molar-refractivity contribution in [2.45, 2.75) is 13.0 Å². The Kier molecular flexibility index (Phi) is 2.27. The Balaban J connectivity index is 0.000000490. The number of carbonyl (C=O) groups excluding carboxylic acids is 1. The minimum absolute atomic E-state index is 0. The first-order chi connectivity index (χ1) is 3.29. The van der Waals surface area contributed by atoms with E-state index in [1.54, 1.807) is 6.92 Å². The summed E-state index contributed by atoms with van der Waals surface area (Å²) in [5, 5.41) is 0. The van der Waals surface area contributed by atoms with Crippen molar-refractivity contribution in [1.29, 1.82) is 0 Å². The second-order valence-corrected chi connectivity index (χ2v) is 1.49. The van der Waals surface area contributed by atoms with Gasteiger partial charge in [0.1, 0.15) is 12.7 Å². The Morgan fingerprint density at radius 3 is 2.50 bits per heavy atom.